The Morgan fingerprint density at radius 3 is 2.82 bits per heavy atom. The average Bonchev–Trinajstić information content (AvgIpc) is 2.92. The number of carbonyl (C=O) groups is 1. The van der Waals surface area contributed by atoms with Gasteiger partial charge in [0.15, 0.2) is 0 Å². The summed E-state index contributed by atoms with van der Waals surface area (Å²) in [5, 5.41) is 17.7. The Kier molecular flexibility index (Phi) is 5.45. The van der Waals surface area contributed by atoms with Crippen molar-refractivity contribution in [3.63, 3.8) is 0 Å². The molecule has 0 saturated carbocycles. The second-order valence-corrected chi connectivity index (χ2v) is 5.24. The number of ether oxygens (including phenoxy) is 1. The van der Waals surface area contributed by atoms with Gasteiger partial charge < -0.3 is 10.1 Å². The second kappa shape index (κ2) is 7.32. The van der Waals surface area contributed by atoms with Crippen LogP contribution in [-0.4, -0.2) is 64.4 Å². The molecule has 0 aromatic carbocycles. The summed E-state index contributed by atoms with van der Waals surface area (Å²) < 4.78 is 6.62. The van der Waals surface area contributed by atoms with E-state index in [2.05, 4.69) is 15.3 Å². The van der Waals surface area contributed by atoms with Crippen LogP contribution in [0.1, 0.15) is 24.3 Å². The molecule has 1 aliphatic heterocycles. The molecule has 0 radical (unpaired) electrons. The van der Waals surface area contributed by atoms with Crippen molar-refractivity contribution in [1.29, 1.82) is 0 Å². The van der Waals surface area contributed by atoms with E-state index in [1.165, 1.54) is 4.68 Å². The topological polar surface area (TPSA) is 103 Å². The summed E-state index contributed by atoms with van der Waals surface area (Å²) in [4.78, 5) is 25.0. The maximum absolute atomic E-state index is 12.3. The molecule has 0 spiro atoms. The van der Waals surface area contributed by atoms with Crippen molar-refractivity contribution in [2.75, 3.05) is 32.8 Å². The summed E-state index contributed by atoms with van der Waals surface area (Å²) in [6.07, 6.45) is 1.12. The number of nitrogens with zero attached hydrogens (tertiary/aromatic N) is 4. The molecule has 1 amide bonds. The summed E-state index contributed by atoms with van der Waals surface area (Å²) in [5.41, 5.74) is -0.265. The number of hydrogen-bond donors (Lipinski definition) is 1. The maximum atomic E-state index is 12.3. The normalized spacial score (nSPS) is 17.2. The standard InChI is InChI=1S/C13H21N5O4/c1-3-17-12(11(8-14-17)18(20)21)13(19)15-10(2)9-16-4-6-22-7-5-16/h8,10H,3-7,9H2,1-2H3,(H,15,19)/t10-/m0/s1. The Balaban J connectivity index is 2.01. The first kappa shape index (κ1) is 16.4. The molecule has 0 aliphatic carbocycles. The van der Waals surface area contributed by atoms with E-state index in [4.69, 9.17) is 4.74 Å². The van der Waals surface area contributed by atoms with Crippen molar-refractivity contribution in [2.24, 2.45) is 0 Å². The van der Waals surface area contributed by atoms with Gasteiger partial charge in [0, 0.05) is 32.2 Å². The van der Waals surface area contributed by atoms with E-state index in [-0.39, 0.29) is 17.4 Å². The largest absolute Gasteiger partial charge is 0.379 e. The molecule has 1 saturated heterocycles. The molecule has 2 heterocycles. The van der Waals surface area contributed by atoms with Gasteiger partial charge in [-0.05, 0) is 13.8 Å². The fraction of sp³-hybridized carbons (Fsp3) is 0.692. The summed E-state index contributed by atoms with van der Waals surface area (Å²) in [6.45, 7) is 7.78. The fourth-order valence-corrected chi connectivity index (χ4v) is 2.49. The quantitative estimate of drug-likeness (QED) is 0.597. The molecule has 9 nitrogen and oxygen atoms in total. The van der Waals surface area contributed by atoms with Gasteiger partial charge in [-0.25, -0.2) is 0 Å². The predicted octanol–water partition coefficient (Wildman–Crippen LogP) is 0.262. The molecule has 9 heteroatoms. The number of amides is 1. The van der Waals surface area contributed by atoms with Gasteiger partial charge in [0.05, 0.1) is 18.1 Å². The summed E-state index contributed by atoms with van der Waals surface area (Å²) in [6, 6.07) is -0.120. The van der Waals surface area contributed by atoms with E-state index in [9.17, 15) is 14.9 Å². The highest BCUT2D eigenvalue weighted by Crippen LogP contribution is 2.17. The van der Waals surface area contributed by atoms with Gasteiger partial charge in [-0.15, -0.1) is 0 Å². The number of carbonyl (C=O) groups excluding carboxylic acids is 1. The molecule has 0 bridgehead atoms. The minimum absolute atomic E-state index is 0.00123. The first-order chi connectivity index (χ1) is 10.5. The molecule has 1 atom stereocenters. The molecular formula is C13H21N5O4. The summed E-state index contributed by atoms with van der Waals surface area (Å²) >= 11 is 0. The lowest BCUT2D eigenvalue weighted by Gasteiger charge is -2.29. The maximum Gasteiger partial charge on any atom is 0.320 e. The van der Waals surface area contributed by atoms with Crippen LogP contribution in [0, 0.1) is 10.1 Å². The van der Waals surface area contributed by atoms with Gasteiger partial charge >= 0.3 is 5.69 Å². The van der Waals surface area contributed by atoms with E-state index in [1.54, 1.807) is 6.92 Å². The lowest BCUT2D eigenvalue weighted by Crippen LogP contribution is -2.46. The van der Waals surface area contributed by atoms with Crippen LogP contribution in [0.5, 0.6) is 0 Å². The van der Waals surface area contributed by atoms with Crippen LogP contribution >= 0.6 is 0 Å². The van der Waals surface area contributed by atoms with E-state index in [0.29, 0.717) is 26.3 Å². The molecule has 22 heavy (non-hydrogen) atoms. The Bertz CT molecular complexity index is 539. The van der Waals surface area contributed by atoms with Gasteiger partial charge in [-0.3, -0.25) is 24.5 Å². The lowest BCUT2D eigenvalue weighted by atomic mass is 10.2. The van der Waals surface area contributed by atoms with Gasteiger partial charge in [-0.2, -0.15) is 5.10 Å². The van der Waals surface area contributed by atoms with Crippen LogP contribution < -0.4 is 5.32 Å². The third-order valence-corrected chi connectivity index (χ3v) is 3.54. The van der Waals surface area contributed by atoms with Crippen molar-refractivity contribution in [3.05, 3.63) is 22.0 Å². The number of aryl methyl sites for hydroxylation is 1. The van der Waals surface area contributed by atoms with Crippen LogP contribution in [0.15, 0.2) is 6.20 Å². The number of nitro groups is 1. The van der Waals surface area contributed by atoms with Gasteiger partial charge in [0.2, 0.25) is 5.69 Å². The van der Waals surface area contributed by atoms with Crippen LogP contribution in [-0.2, 0) is 11.3 Å². The predicted molar refractivity (Wildman–Crippen MR) is 78.7 cm³/mol. The highest BCUT2D eigenvalue weighted by molar-refractivity contribution is 5.96. The zero-order valence-corrected chi connectivity index (χ0v) is 12.8. The highest BCUT2D eigenvalue weighted by atomic mass is 16.6. The second-order valence-electron chi connectivity index (χ2n) is 5.24. The number of rotatable bonds is 6. The molecular weight excluding hydrogens is 290 g/mol. The number of morpholine rings is 1. The molecule has 1 aromatic rings. The molecule has 1 aromatic heterocycles. The van der Waals surface area contributed by atoms with E-state index in [1.807, 2.05) is 6.92 Å². The van der Waals surface area contributed by atoms with E-state index in [0.717, 1.165) is 19.3 Å². The third kappa shape index (κ3) is 3.80. The minimum Gasteiger partial charge on any atom is -0.379 e. The molecule has 1 fully saturated rings. The summed E-state index contributed by atoms with van der Waals surface area (Å²) in [5.74, 6) is -0.466. The fourth-order valence-electron chi connectivity index (χ4n) is 2.49. The average molecular weight is 311 g/mol. The molecule has 0 unspecified atom stereocenters. The minimum atomic E-state index is -0.583. The van der Waals surface area contributed by atoms with Crippen molar-refractivity contribution < 1.29 is 14.5 Å². The first-order valence-corrected chi connectivity index (χ1v) is 7.34. The van der Waals surface area contributed by atoms with Crippen molar-refractivity contribution in [3.8, 4) is 0 Å². The zero-order valence-electron chi connectivity index (χ0n) is 12.8. The molecule has 1 aliphatic rings. The van der Waals surface area contributed by atoms with E-state index >= 15 is 0 Å². The summed E-state index contributed by atoms with van der Waals surface area (Å²) in [7, 11) is 0. The Morgan fingerprint density at radius 2 is 2.23 bits per heavy atom. The lowest BCUT2D eigenvalue weighted by molar-refractivity contribution is -0.385. The highest BCUT2D eigenvalue weighted by Gasteiger charge is 2.27. The van der Waals surface area contributed by atoms with Gasteiger partial charge in [-0.1, -0.05) is 0 Å². The van der Waals surface area contributed by atoms with Crippen molar-refractivity contribution in [1.82, 2.24) is 20.0 Å². The Morgan fingerprint density at radius 1 is 1.55 bits per heavy atom. The number of nitrogens with one attached hydrogen (secondary N) is 1. The Hall–Kier alpha value is -2.00. The van der Waals surface area contributed by atoms with Crippen LogP contribution in [0.2, 0.25) is 0 Å². The molecule has 122 valence electrons. The van der Waals surface area contributed by atoms with Crippen molar-refractivity contribution >= 4 is 11.6 Å². The zero-order chi connectivity index (χ0) is 16.1. The number of hydrogen-bond acceptors (Lipinski definition) is 6. The van der Waals surface area contributed by atoms with Crippen LogP contribution in [0.25, 0.3) is 0 Å². The number of aromatic nitrogens is 2. The molecule has 2 rings (SSSR count). The van der Waals surface area contributed by atoms with Gasteiger partial charge in [0.25, 0.3) is 5.91 Å². The monoisotopic (exact) mass is 311 g/mol. The Labute approximate surface area is 128 Å². The molecule has 1 N–H and O–H groups in total. The van der Waals surface area contributed by atoms with Gasteiger partial charge in [0.1, 0.15) is 6.20 Å². The smallest absolute Gasteiger partial charge is 0.320 e. The van der Waals surface area contributed by atoms with Crippen LogP contribution in [0.3, 0.4) is 0 Å². The SMILES string of the molecule is CCn1ncc([N+](=O)[O-])c1C(=O)N[C@@H](C)CN1CCOCC1. The van der Waals surface area contributed by atoms with Crippen LogP contribution in [0.4, 0.5) is 5.69 Å². The third-order valence-electron chi connectivity index (χ3n) is 3.54. The van der Waals surface area contributed by atoms with E-state index < -0.39 is 10.8 Å². The first-order valence-electron chi connectivity index (χ1n) is 7.34. The van der Waals surface area contributed by atoms with Crippen molar-refractivity contribution in [2.45, 2.75) is 26.4 Å².